The molecule has 0 aliphatic heterocycles. The zero-order valence-corrected chi connectivity index (χ0v) is 28.8. The van der Waals surface area contributed by atoms with E-state index in [1.54, 1.807) is 6.08 Å². The molecule has 1 N–H and O–H groups in total. The number of carbonyl (C=O) groups excluding carboxylic acids is 2. The normalized spacial score (nSPS) is 43.7. The minimum atomic E-state index is -0.747. The minimum Gasteiger partial charge on any atom is -0.481 e. The van der Waals surface area contributed by atoms with Gasteiger partial charge in [0.05, 0.1) is 5.41 Å². The van der Waals surface area contributed by atoms with E-state index in [4.69, 9.17) is 4.74 Å². The number of aryl methyl sites for hydroxylation is 1. The van der Waals surface area contributed by atoms with Gasteiger partial charge in [0.25, 0.3) is 0 Å². The zero-order valence-electron chi connectivity index (χ0n) is 28.8. The second-order valence-corrected chi connectivity index (χ2v) is 17.6. The van der Waals surface area contributed by atoms with Crippen LogP contribution in [0, 0.1) is 57.2 Å². The molecule has 0 heterocycles. The van der Waals surface area contributed by atoms with Gasteiger partial charge in [-0.1, -0.05) is 76.9 Å². The Bertz CT molecular complexity index is 1470. The molecule has 45 heavy (non-hydrogen) atoms. The highest BCUT2D eigenvalue weighted by Crippen LogP contribution is 2.75. The van der Waals surface area contributed by atoms with Gasteiger partial charge in [-0.25, -0.2) is 4.79 Å². The maximum absolute atomic E-state index is 14.6. The Morgan fingerprint density at radius 2 is 1.56 bits per heavy atom. The van der Waals surface area contributed by atoms with Gasteiger partial charge >= 0.3 is 11.9 Å². The molecule has 0 amide bonds. The van der Waals surface area contributed by atoms with Gasteiger partial charge in [-0.2, -0.15) is 0 Å². The van der Waals surface area contributed by atoms with E-state index in [0.717, 1.165) is 50.5 Å². The molecule has 4 fully saturated rings. The molecule has 1 aromatic rings. The zero-order chi connectivity index (χ0) is 32.8. The molecule has 0 saturated heterocycles. The summed E-state index contributed by atoms with van der Waals surface area (Å²) in [4.78, 5) is 40.0. The van der Waals surface area contributed by atoms with Crippen LogP contribution < -0.4 is 0 Å². The minimum absolute atomic E-state index is 0.0444. The van der Waals surface area contributed by atoms with Crippen LogP contribution >= 0.6 is 0 Å². The molecule has 0 bridgehead atoms. The first kappa shape index (κ1) is 32.3. The molecule has 0 spiro atoms. The number of esters is 1. The van der Waals surface area contributed by atoms with Gasteiger partial charge in [0.15, 0.2) is 5.78 Å². The third-order valence-electron chi connectivity index (χ3n) is 14.8. The van der Waals surface area contributed by atoms with Crippen molar-refractivity contribution in [2.75, 3.05) is 0 Å². The summed E-state index contributed by atoms with van der Waals surface area (Å²) in [6.45, 7) is 17.9. The van der Waals surface area contributed by atoms with E-state index in [1.807, 2.05) is 50.3 Å². The number of carbonyl (C=O) groups is 3. The van der Waals surface area contributed by atoms with Crippen LogP contribution in [0.4, 0.5) is 0 Å². The van der Waals surface area contributed by atoms with Crippen LogP contribution in [0.2, 0.25) is 0 Å². The second kappa shape index (κ2) is 10.4. The highest BCUT2D eigenvalue weighted by Gasteiger charge is 2.70. The van der Waals surface area contributed by atoms with Crippen molar-refractivity contribution in [3.8, 4) is 0 Å². The Kier molecular flexibility index (Phi) is 7.46. The first-order chi connectivity index (χ1) is 20.9. The van der Waals surface area contributed by atoms with E-state index in [2.05, 4.69) is 41.5 Å². The van der Waals surface area contributed by atoms with Gasteiger partial charge in [0.2, 0.25) is 0 Å². The van der Waals surface area contributed by atoms with Crippen molar-refractivity contribution < 1.29 is 24.2 Å². The van der Waals surface area contributed by atoms with Crippen LogP contribution in [0.5, 0.6) is 0 Å². The number of hydrogen-bond donors (Lipinski definition) is 1. The lowest BCUT2D eigenvalue weighted by molar-refractivity contribution is -0.209. The summed E-state index contributed by atoms with van der Waals surface area (Å²) < 4.78 is 6.18. The average molecular weight is 615 g/mol. The molecule has 5 aliphatic rings. The molecule has 9 atom stereocenters. The number of carboxylic acids is 1. The number of ether oxygens (including phenoxy) is 1. The summed E-state index contributed by atoms with van der Waals surface area (Å²) in [5.74, 6) is -0.500. The summed E-state index contributed by atoms with van der Waals surface area (Å²) in [5, 5.41) is 10.2. The molecule has 0 aromatic heterocycles. The number of benzene rings is 1. The van der Waals surface area contributed by atoms with Gasteiger partial charge in [0.1, 0.15) is 6.10 Å². The largest absolute Gasteiger partial charge is 0.481 e. The van der Waals surface area contributed by atoms with E-state index in [-0.39, 0.29) is 62.7 Å². The second-order valence-electron chi connectivity index (χ2n) is 17.6. The number of rotatable bonds is 4. The van der Waals surface area contributed by atoms with E-state index in [0.29, 0.717) is 12.8 Å². The van der Waals surface area contributed by atoms with Crippen molar-refractivity contribution in [3.63, 3.8) is 0 Å². The summed E-state index contributed by atoms with van der Waals surface area (Å²) in [7, 11) is 0. The Balaban J connectivity index is 1.28. The van der Waals surface area contributed by atoms with Crippen LogP contribution in [0.25, 0.3) is 6.08 Å². The van der Waals surface area contributed by atoms with Crippen LogP contribution in [0.15, 0.2) is 42.0 Å². The van der Waals surface area contributed by atoms with Crippen molar-refractivity contribution in [2.24, 2.45) is 50.2 Å². The first-order valence-electron chi connectivity index (χ1n) is 17.3. The number of aliphatic carboxylic acids is 1. The number of carboxylic acid groups (broad SMARTS) is 1. The van der Waals surface area contributed by atoms with Crippen molar-refractivity contribution in [1.82, 2.24) is 0 Å². The molecule has 244 valence electrons. The summed E-state index contributed by atoms with van der Waals surface area (Å²) in [6, 6.07) is 8.07. The average Bonchev–Trinajstić information content (AvgIpc) is 2.96. The fourth-order valence-electron chi connectivity index (χ4n) is 11.6. The lowest BCUT2D eigenvalue weighted by Gasteiger charge is -2.70. The maximum Gasteiger partial charge on any atom is 0.331 e. The van der Waals surface area contributed by atoms with E-state index in [9.17, 15) is 19.5 Å². The highest BCUT2D eigenvalue weighted by molar-refractivity contribution is 5.96. The predicted octanol–water partition coefficient (Wildman–Crippen LogP) is 8.99. The van der Waals surface area contributed by atoms with E-state index >= 15 is 0 Å². The third kappa shape index (κ3) is 4.72. The van der Waals surface area contributed by atoms with Gasteiger partial charge < -0.3 is 9.84 Å². The van der Waals surface area contributed by atoms with Crippen molar-refractivity contribution in [1.29, 1.82) is 0 Å². The van der Waals surface area contributed by atoms with E-state index < -0.39 is 11.4 Å². The molecule has 6 rings (SSSR count). The lowest BCUT2D eigenvalue weighted by Crippen LogP contribution is -2.66. The monoisotopic (exact) mass is 614 g/mol. The maximum atomic E-state index is 14.6. The quantitative estimate of drug-likeness (QED) is 0.270. The molecule has 1 aromatic carbocycles. The Hall–Kier alpha value is -2.69. The third-order valence-corrected chi connectivity index (χ3v) is 14.8. The molecule has 0 radical (unpaired) electrons. The smallest absolute Gasteiger partial charge is 0.331 e. The Morgan fingerprint density at radius 3 is 2.22 bits per heavy atom. The van der Waals surface area contributed by atoms with Gasteiger partial charge in [-0.3, -0.25) is 9.59 Å². The van der Waals surface area contributed by atoms with Gasteiger partial charge in [-0.15, -0.1) is 0 Å². The lowest BCUT2D eigenvalue weighted by atomic mass is 9.33. The summed E-state index contributed by atoms with van der Waals surface area (Å²) >= 11 is 0. The van der Waals surface area contributed by atoms with E-state index in [1.165, 1.54) is 11.1 Å². The molecular weight excluding hydrogens is 560 g/mol. The number of hydrogen-bond acceptors (Lipinski definition) is 4. The number of allylic oxidation sites excluding steroid dienone is 2. The van der Waals surface area contributed by atoms with Crippen LogP contribution in [-0.4, -0.2) is 28.9 Å². The Morgan fingerprint density at radius 1 is 0.889 bits per heavy atom. The number of fused-ring (bicyclic) bond motifs is 7. The fourth-order valence-corrected chi connectivity index (χ4v) is 11.6. The van der Waals surface area contributed by atoms with Gasteiger partial charge in [-0.05, 0) is 123 Å². The van der Waals surface area contributed by atoms with Crippen LogP contribution in [0.3, 0.4) is 0 Å². The first-order valence-corrected chi connectivity index (χ1v) is 17.3. The Labute approximate surface area is 270 Å². The molecule has 5 aliphatic carbocycles. The SMILES string of the molecule is Cc1ccc(/C=C/C(=O)O[C@H]2CC[C@]3(C)[C@H]4C(=O)C=C5[C@@H]6C[C@@](C)(C(=O)O)CC[C@]6(C)CC[C@@]5(C)[C@]4(C)CC[C@H]3C2(C)C)cc1. The van der Waals surface area contributed by atoms with Crippen molar-refractivity contribution in [3.05, 3.63) is 53.1 Å². The highest BCUT2D eigenvalue weighted by atomic mass is 16.5. The van der Waals surface area contributed by atoms with Crippen molar-refractivity contribution >= 4 is 23.8 Å². The van der Waals surface area contributed by atoms with Gasteiger partial charge in [0, 0.05) is 17.4 Å². The molecule has 5 heteroatoms. The molecular formula is C40H54O5. The van der Waals surface area contributed by atoms with Crippen molar-refractivity contribution in [2.45, 2.75) is 119 Å². The molecule has 0 unspecified atom stereocenters. The molecule has 5 nitrogen and oxygen atoms in total. The number of ketones is 1. The predicted molar refractivity (Wildman–Crippen MR) is 177 cm³/mol. The summed E-state index contributed by atoms with van der Waals surface area (Å²) in [5.41, 5.74) is 1.87. The fraction of sp³-hybridized carbons (Fsp3) is 0.675. The standard InChI is InChI=1S/C40H54O5/c1-25-9-11-26(12-10-25)13-14-32(42)45-31-16-17-38(6)30(35(31,2)3)15-18-40(8)33(38)29(41)23-27-28-24-37(5,34(43)44)20-19-36(28,4)21-22-39(27,40)7/h9-14,23,28,30-31,33H,15-22,24H2,1-8H3,(H,43,44)/b14-13+/t28-,30-,31-,33+,36+,37-,38-,39+,40+/m0/s1. The van der Waals surface area contributed by atoms with Crippen LogP contribution in [0.1, 0.15) is 117 Å². The molecule has 4 saturated carbocycles. The van der Waals surface area contributed by atoms with Crippen LogP contribution in [-0.2, 0) is 19.1 Å². The topological polar surface area (TPSA) is 80.7 Å². The summed E-state index contributed by atoms with van der Waals surface area (Å²) in [6.07, 6.45) is 13.1.